The third-order valence-electron chi connectivity index (χ3n) is 3.42. The summed E-state index contributed by atoms with van der Waals surface area (Å²) < 4.78 is 0. The predicted molar refractivity (Wildman–Crippen MR) is 69.7 cm³/mol. The predicted octanol–water partition coefficient (Wildman–Crippen LogP) is 3.50. The molecule has 0 bridgehead atoms. The minimum absolute atomic E-state index is 0.158. The van der Waals surface area contributed by atoms with Gasteiger partial charge < -0.3 is 5.11 Å². The highest BCUT2D eigenvalue weighted by Crippen LogP contribution is 2.29. The average Bonchev–Trinajstić information content (AvgIpc) is 2.17. The van der Waals surface area contributed by atoms with Crippen LogP contribution >= 0.6 is 0 Å². The van der Waals surface area contributed by atoms with Crippen LogP contribution in [0.5, 0.6) is 0 Å². The van der Waals surface area contributed by atoms with Crippen molar-refractivity contribution in [1.29, 1.82) is 0 Å². The largest absolute Gasteiger partial charge is 0.396 e. The SMILES string of the molecule is Cc1ccc(C)c(CC(CO)C(C)(C)C)c1. The van der Waals surface area contributed by atoms with E-state index in [4.69, 9.17) is 0 Å². The zero-order valence-electron chi connectivity index (χ0n) is 11.2. The van der Waals surface area contributed by atoms with Gasteiger partial charge in [-0.25, -0.2) is 0 Å². The zero-order valence-corrected chi connectivity index (χ0v) is 11.2. The molecule has 1 aromatic carbocycles. The number of hydrogen-bond acceptors (Lipinski definition) is 1. The standard InChI is InChI=1S/C15H24O/c1-11-6-7-12(2)13(8-11)9-14(10-16)15(3,4)5/h6-8,14,16H,9-10H2,1-5H3. The summed E-state index contributed by atoms with van der Waals surface area (Å²) in [4.78, 5) is 0. The lowest BCUT2D eigenvalue weighted by Crippen LogP contribution is -2.26. The monoisotopic (exact) mass is 220 g/mol. The summed E-state index contributed by atoms with van der Waals surface area (Å²) in [5, 5.41) is 9.48. The minimum Gasteiger partial charge on any atom is -0.396 e. The smallest absolute Gasteiger partial charge is 0.0467 e. The number of hydrogen-bond donors (Lipinski definition) is 1. The van der Waals surface area contributed by atoms with Gasteiger partial charge in [0.05, 0.1) is 0 Å². The molecule has 0 amide bonds. The molecule has 1 rings (SSSR count). The first-order valence-corrected chi connectivity index (χ1v) is 6.01. The molecule has 1 nitrogen and oxygen atoms in total. The molecule has 0 aliphatic heterocycles. The van der Waals surface area contributed by atoms with E-state index in [1.54, 1.807) is 0 Å². The first kappa shape index (κ1) is 13.2. The quantitative estimate of drug-likeness (QED) is 0.826. The average molecular weight is 220 g/mol. The van der Waals surface area contributed by atoms with Gasteiger partial charge in [0.1, 0.15) is 0 Å². The lowest BCUT2D eigenvalue weighted by molar-refractivity contribution is 0.131. The summed E-state index contributed by atoms with van der Waals surface area (Å²) >= 11 is 0. The number of aryl methyl sites for hydroxylation is 2. The number of rotatable bonds is 3. The fourth-order valence-electron chi connectivity index (χ4n) is 1.93. The molecule has 1 unspecified atom stereocenters. The van der Waals surface area contributed by atoms with Gasteiger partial charge in [0, 0.05) is 6.61 Å². The van der Waals surface area contributed by atoms with E-state index in [9.17, 15) is 5.11 Å². The normalized spacial score (nSPS) is 13.9. The second kappa shape index (κ2) is 5.01. The molecule has 0 radical (unpaired) electrons. The van der Waals surface area contributed by atoms with Crippen molar-refractivity contribution in [2.45, 2.75) is 41.0 Å². The second-order valence-electron chi connectivity index (χ2n) is 5.88. The third-order valence-corrected chi connectivity index (χ3v) is 3.42. The van der Waals surface area contributed by atoms with Gasteiger partial charge in [-0.3, -0.25) is 0 Å². The summed E-state index contributed by atoms with van der Waals surface area (Å²) in [5.41, 5.74) is 4.15. The van der Waals surface area contributed by atoms with E-state index in [1.807, 2.05) is 0 Å². The third kappa shape index (κ3) is 3.34. The van der Waals surface area contributed by atoms with Gasteiger partial charge in [0.25, 0.3) is 0 Å². The van der Waals surface area contributed by atoms with Crippen LogP contribution in [0.25, 0.3) is 0 Å². The molecule has 1 aromatic rings. The Morgan fingerprint density at radius 2 is 1.81 bits per heavy atom. The van der Waals surface area contributed by atoms with E-state index < -0.39 is 0 Å². The molecule has 0 aliphatic carbocycles. The van der Waals surface area contributed by atoms with Crippen molar-refractivity contribution < 1.29 is 5.11 Å². The lowest BCUT2D eigenvalue weighted by atomic mass is 9.77. The highest BCUT2D eigenvalue weighted by molar-refractivity contribution is 5.30. The zero-order chi connectivity index (χ0) is 12.3. The van der Waals surface area contributed by atoms with Gasteiger partial charge in [-0.1, -0.05) is 44.5 Å². The Morgan fingerprint density at radius 3 is 2.31 bits per heavy atom. The molecule has 0 fully saturated rings. The molecule has 0 spiro atoms. The maximum atomic E-state index is 9.48. The van der Waals surface area contributed by atoms with Crippen LogP contribution in [0.1, 0.15) is 37.5 Å². The first-order chi connectivity index (χ1) is 7.34. The topological polar surface area (TPSA) is 20.2 Å². The van der Waals surface area contributed by atoms with Crippen LogP contribution in [0.2, 0.25) is 0 Å². The maximum Gasteiger partial charge on any atom is 0.0467 e. The summed E-state index contributed by atoms with van der Waals surface area (Å²) in [5.74, 6) is 0.327. The highest BCUT2D eigenvalue weighted by atomic mass is 16.3. The second-order valence-corrected chi connectivity index (χ2v) is 5.88. The van der Waals surface area contributed by atoms with Crippen LogP contribution in [-0.4, -0.2) is 11.7 Å². The van der Waals surface area contributed by atoms with Crippen molar-refractivity contribution in [2.75, 3.05) is 6.61 Å². The van der Waals surface area contributed by atoms with Crippen molar-refractivity contribution in [3.05, 3.63) is 34.9 Å². The van der Waals surface area contributed by atoms with Crippen molar-refractivity contribution in [2.24, 2.45) is 11.3 Å². The summed E-state index contributed by atoms with van der Waals surface area (Å²) in [6, 6.07) is 6.55. The number of aliphatic hydroxyl groups excluding tert-OH is 1. The van der Waals surface area contributed by atoms with Gasteiger partial charge >= 0.3 is 0 Å². The fourth-order valence-corrected chi connectivity index (χ4v) is 1.93. The molecule has 0 saturated heterocycles. The molecule has 0 aliphatic rings. The van der Waals surface area contributed by atoms with E-state index in [0.717, 1.165) is 6.42 Å². The minimum atomic E-state index is 0.158. The van der Waals surface area contributed by atoms with Crippen LogP contribution < -0.4 is 0 Å². The van der Waals surface area contributed by atoms with Crippen LogP contribution in [-0.2, 0) is 6.42 Å². The lowest BCUT2D eigenvalue weighted by Gasteiger charge is -2.29. The van der Waals surface area contributed by atoms with Crippen molar-refractivity contribution in [3.8, 4) is 0 Å². The molecule has 1 heteroatoms. The molecule has 16 heavy (non-hydrogen) atoms. The molecule has 1 N–H and O–H groups in total. The first-order valence-electron chi connectivity index (χ1n) is 6.01. The van der Waals surface area contributed by atoms with Crippen LogP contribution in [0.3, 0.4) is 0 Å². The molecule has 0 heterocycles. The molecule has 90 valence electrons. The molecule has 1 atom stereocenters. The van der Waals surface area contributed by atoms with Crippen LogP contribution in [0.4, 0.5) is 0 Å². The molecule has 0 aromatic heterocycles. The summed E-state index contributed by atoms with van der Waals surface area (Å²) in [6.07, 6.45) is 0.966. The Bertz CT molecular complexity index is 347. The van der Waals surface area contributed by atoms with Crippen molar-refractivity contribution >= 4 is 0 Å². The van der Waals surface area contributed by atoms with E-state index >= 15 is 0 Å². The summed E-state index contributed by atoms with van der Waals surface area (Å²) in [7, 11) is 0. The molecule has 0 saturated carbocycles. The van der Waals surface area contributed by atoms with Gasteiger partial charge in [0.15, 0.2) is 0 Å². The van der Waals surface area contributed by atoms with E-state index in [2.05, 4.69) is 52.8 Å². The Hall–Kier alpha value is -0.820. The van der Waals surface area contributed by atoms with E-state index in [-0.39, 0.29) is 12.0 Å². The Balaban J connectivity index is 2.90. The van der Waals surface area contributed by atoms with E-state index in [1.165, 1.54) is 16.7 Å². The van der Waals surface area contributed by atoms with Crippen molar-refractivity contribution in [3.63, 3.8) is 0 Å². The van der Waals surface area contributed by atoms with Gasteiger partial charge in [-0.05, 0) is 42.7 Å². The number of aliphatic hydroxyl groups is 1. The van der Waals surface area contributed by atoms with Gasteiger partial charge in [-0.2, -0.15) is 0 Å². The van der Waals surface area contributed by atoms with Gasteiger partial charge in [0.2, 0.25) is 0 Å². The van der Waals surface area contributed by atoms with Crippen LogP contribution in [0, 0.1) is 25.2 Å². The van der Waals surface area contributed by atoms with E-state index in [0.29, 0.717) is 5.92 Å². The molecular formula is C15H24O. The fraction of sp³-hybridized carbons (Fsp3) is 0.600. The number of benzene rings is 1. The molecular weight excluding hydrogens is 196 g/mol. The van der Waals surface area contributed by atoms with Crippen LogP contribution in [0.15, 0.2) is 18.2 Å². The Morgan fingerprint density at radius 1 is 1.19 bits per heavy atom. The summed E-state index contributed by atoms with van der Waals surface area (Å²) in [6.45, 7) is 11.1. The Labute approximate surface area is 99.5 Å². The van der Waals surface area contributed by atoms with Crippen molar-refractivity contribution in [1.82, 2.24) is 0 Å². The Kier molecular flexibility index (Phi) is 4.15. The van der Waals surface area contributed by atoms with Gasteiger partial charge in [-0.15, -0.1) is 0 Å². The highest BCUT2D eigenvalue weighted by Gasteiger charge is 2.24. The maximum absolute atomic E-state index is 9.48.